The van der Waals surface area contributed by atoms with Crippen molar-refractivity contribution in [3.8, 4) is 5.75 Å². The van der Waals surface area contributed by atoms with Crippen LogP contribution in [-0.2, 0) is 0 Å². The number of benzene rings is 2. The number of H-pyrrole nitrogens is 1. The van der Waals surface area contributed by atoms with Crippen LogP contribution < -0.4 is 10.2 Å². The highest BCUT2D eigenvalue weighted by molar-refractivity contribution is 6.05. The van der Waals surface area contributed by atoms with Crippen molar-refractivity contribution in [1.82, 2.24) is 9.88 Å². The largest absolute Gasteiger partial charge is 0.497 e. The number of para-hydroxylation sites is 1. The van der Waals surface area contributed by atoms with Gasteiger partial charge in [0.05, 0.1) is 24.2 Å². The number of likely N-dealkylation sites (tertiary alicyclic amines) is 1. The van der Waals surface area contributed by atoms with Gasteiger partial charge in [0, 0.05) is 23.7 Å². The molecular weight excluding hydrogens is 340 g/mol. The summed E-state index contributed by atoms with van der Waals surface area (Å²) in [6, 6.07) is 14.8. The molecule has 1 fully saturated rings. The summed E-state index contributed by atoms with van der Waals surface area (Å²) in [5.41, 5.74) is 2.91. The van der Waals surface area contributed by atoms with Crippen molar-refractivity contribution in [2.45, 2.75) is 25.8 Å². The Morgan fingerprint density at radius 3 is 2.81 bits per heavy atom. The molecule has 0 aliphatic carbocycles. The van der Waals surface area contributed by atoms with Crippen molar-refractivity contribution in [3.63, 3.8) is 0 Å². The first-order valence-electron chi connectivity index (χ1n) is 9.16. The smallest absolute Gasteiger partial charge is 0.256 e. The van der Waals surface area contributed by atoms with Crippen molar-refractivity contribution in [1.29, 1.82) is 0 Å². The van der Waals surface area contributed by atoms with Crippen molar-refractivity contribution in [2.75, 3.05) is 13.7 Å². The van der Waals surface area contributed by atoms with Crippen molar-refractivity contribution in [2.24, 2.45) is 0 Å². The van der Waals surface area contributed by atoms with Gasteiger partial charge in [0.25, 0.3) is 5.91 Å². The van der Waals surface area contributed by atoms with Crippen LogP contribution in [0, 0.1) is 6.92 Å². The second-order valence-electron chi connectivity index (χ2n) is 6.98. The molecule has 0 saturated carbocycles. The van der Waals surface area contributed by atoms with Gasteiger partial charge in [-0.1, -0.05) is 18.2 Å². The maximum Gasteiger partial charge on any atom is 0.256 e. The molecule has 1 aromatic heterocycles. The predicted molar refractivity (Wildman–Crippen MR) is 105 cm³/mol. The summed E-state index contributed by atoms with van der Waals surface area (Å²) in [7, 11) is 1.64. The van der Waals surface area contributed by atoms with Gasteiger partial charge in [-0.2, -0.15) is 0 Å². The number of aryl methyl sites for hydroxylation is 1. The molecule has 27 heavy (non-hydrogen) atoms. The third kappa shape index (κ3) is 3.10. The molecule has 1 amide bonds. The minimum atomic E-state index is -0.0679. The highest BCUT2D eigenvalue weighted by atomic mass is 16.5. The van der Waals surface area contributed by atoms with Crippen molar-refractivity contribution >= 4 is 16.8 Å². The Kier molecular flexibility index (Phi) is 4.44. The van der Waals surface area contributed by atoms with Gasteiger partial charge in [-0.25, -0.2) is 0 Å². The molecule has 5 heteroatoms. The lowest BCUT2D eigenvalue weighted by molar-refractivity contribution is 0.0737. The summed E-state index contributed by atoms with van der Waals surface area (Å²) in [6.07, 6.45) is 1.87. The van der Waals surface area contributed by atoms with Crippen LogP contribution in [0.4, 0.5) is 0 Å². The average Bonchev–Trinajstić information content (AvgIpc) is 3.17. The minimum absolute atomic E-state index is 0.0133. The number of ether oxygens (including phenoxy) is 1. The van der Waals surface area contributed by atoms with Crippen molar-refractivity contribution in [3.05, 3.63) is 75.6 Å². The van der Waals surface area contributed by atoms with Gasteiger partial charge >= 0.3 is 0 Å². The molecule has 0 spiro atoms. The molecule has 2 heterocycles. The number of methoxy groups -OCH3 is 1. The molecular formula is C22H22N2O3. The maximum absolute atomic E-state index is 13.4. The topological polar surface area (TPSA) is 62.4 Å². The van der Waals surface area contributed by atoms with E-state index in [1.165, 1.54) is 0 Å². The first-order chi connectivity index (χ1) is 13.1. The van der Waals surface area contributed by atoms with E-state index in [9.17, 15) is 9.59 Å². The Morgan fingerprint density at radius 1 is 1.19 bits per heavy atom. The number of aromatic amines is 1. The van der Waals surface area contributed by atoms with Crippen LogP contribution in [0.1, 0.15) is 40.5 Å². The van der Waals surface area contributed by atoms with Crippen LogP contribution in [0.15, 0.2) is 53.3 Å². The lowest BCUT2D eigenvalue weighted by Crippen LogP contribution is -2.31. The van der Waals surface area contributed by atoms with Crippen LogP contribution in [0.25, 0.3) is 10.9 Å². The highest BCUT2D eigenvalue weighted by Crippen LogP contribution is 2.35. The van der Waals surface area contributed by atoms with E-state index >= 15 is 0 Å². The zero-order valence-electron chi connectivity index (χ0n) is 15.5. The first-order valence-corrected chi connectivity index (χ1v) is 9.16. The standard InChI is InChI=1S/C22H22N2O3/c1-14-12-20(25)17-8-4-9-18(21(17)23-14)22(26)24-11-5-10-19(24)15-6-3-7-16(13-15)27-2/h3-4,6-9,12-13,19H,5,10-11H2,1-2H3,(H,23,25). The average molecular weight is 362 g/mol. The van der Waals surface area contributed by atoms with Gasteiger partial charge in [-0.05, 0) is 49.6 Å². The Labute approximate surface area is 157 Å². The molecule has 1 saturated heterocycles. The molecule has 3 aromatic rings. The molecule has 138 valence electrons. The van der Waals surface area contributed by atoms with E-state index < -0.39 is 0 Å². The predicted octanol–water partition coefficient (Wildman–Crippen LogP) is 3.82. The third-order valence-corrected chi connectivity index (χ3v) is 5.22. The number of hydrogen-bond acceptors (Lipinski definition) is 3. The molecule has 0 bridgehead atoms. The normalized spacial score (nSPS) is 16.7. The molecule has 1 atom stereocenters. The Morgan fingerprint density at radius 2 is 2.00 bits per heavy atom. The minimum Gasteiger partial charge on any atom is -0.497 e. The van der Waals surface area contributed by atoms with Gasteiger partial charge in [0.1, 0.15) is 5.75 Å². The highest BCUT2D eigenvalue weighted by Gasteiger charge is 2.31. The first kappa shape index (κ1) is 17.3. The number of fused-ring (bicyclic) bond motifs is 1. The summed E-state index contributed by atoms with van der Waals surface area (Å²) in [5.74, 6) is 0.740. The van der Waals surface area contributed by atoms with E-state index in [-0.39, 0.29) is 17.4 Å². The van der Waals surface area contributed by atoms with E-state index in [4.69, 9.17) is 4.74 Å². The number of rotatable bonds is 3. The van der Waals surface area contributed by atoms with Gasteiger partial charge in [-0.3, -0.25) is 9.59 Å². The monoisotopic (exact) mass is 362 g/mol. The van der Waals surface area contributed by atoms with Gasteiger partial charge in [0.2, 0.25) is 0 Å². The van der Waals surface area contributed by atoms with Crippen LogP contribution in [0.5, 0.6) is 5.75 Å². The summed E-state index contributed by atoms with van der Waals surface area (Å²) in [5, 5.41) is 0.545. The van der Waals surface area contributed by atoms with Gasteiger partial charge < -0.3 is 14.6 Å². The molecule has 5 nitrogen and oxygen atoms in total. The van der Waals surface area contributed by atoms with Crippen LogP contribution in [0.2, 0.25) is 0 Å². The molecule has 0 radical (unpaired) electrons. The number of hydrogen-bond donors (Lipinski definition) is 1. The van der Waals surface area contributed by atoms with E-state index in [1.54, 1.807) is 31.4 Å². The second kappa shape index (κ2) is 6.91. The van der Waals surface area contributed by atoms with Crippen LogP contribution >= 0.6 is 0 Å². The van der Waals surface area contributed by atoms with Crippen LogP contribution in [0.3, 0.4) is 0 Å². The number of amides is 1. The zero-order chi connectivity index (χ0) is 19.0. The number of carbonyl (C=O) groups is 1. The molecule has 1 aliphatic heterocycles. The third-order valence-electron chi connectivity index (χ3n) is 5.22. The van der Waals surface area contributed by atoms with Gasteiger partial charge in [-0.15, -0.1) is 0 Å². The molecule has 2 aromatic carbocycles. The fourth-order valence-electron chi connectivity index (χ4n) is 3.94. The molecule has 4 rings (SSSR count). The number of aromatic nitrogens is 1. The number of nitrogens with one attached hydrogen (secondary N) is 1. The van der Waals surface area contributed by atoms with E-state index in [0.717, 1.165) is 29.8 Å². The quantitative estimate of drug-likeness (QED) is 0.770. The number of nitrogens with zero attached hydrogens (tertiary/aromatic N) is 1. The fraction of sp³-hybridized carbons (Fsp3) is 0.273. The summed E-state index contributed by atoms with van der Waals surface area (Å²) >= 11 is 0. The lowest BCUT2D eigenvalue weighted by Gasteiger charge is -2.26. The SMILES string of the molecule is COc1cccc(C2CCCN2C(=O)c2cccc3c(=O)cc(C)[nH]c23)c1. The second-order valence-corrected chi connectivity index (χ2v) is 6.98. The van der Waals surface area contributed by atoms with E-state index in [0.29, 0.717) is 23.0 Å². The lowest BCUT2D eigenvalue weighted by atomic mass is 10.0. The zero-order valence-corrected chi connectivity index (χ0v) is 15.5. The number of carbonyl (C=O) groups excluding carboxylic acids is 1. The summed E-state index contributed by atoms with van der Waals surface area (Å²) in [6.45, 7) is 2.53. The van der Waals surface area contributed by atoms with E-state index in [2.05, 4.69) is 4.98 Å². The Bertz CT molecular complexity index is 1070. The fourth-order valence-corrected chi connectivity index (χ4v) is 3.94. The molecule has 1 aliphatic rings. The maximum atomic E-state index is 13.4. The van der Waals surface area contributed by atoms with Crippen molar-refractivity contribution < 1.29 is 9.53 Å². The Balaban J connectivity index is 1.76. The molecule has 1 unspecified atom stereocenters. The Hall–Kier alpha value is -3.08. The van der Waals surface area contributed by atoms with E-state index in [1.807, 2.05) is 36.1 Å². The summed E-state index contributed by atoms with van der Waals surface area (Å²) < 4.78 is 5.34. The van der Waals surface area contributed by atoms with Crippen LogP contribution in [-0.4, -0.2) is 29.4 Å². The number of pyridine rings is 1. The molecule has 1 N–H and O–H groups in total. The summed E-state index contributed by atoms with van der Waals surface area (Å²) in [4.78, 5) is 30.8. The van der Waals surface area contributed by atoms with Gasteiger partial charge in [0.15, 0.2) is 5.43 Å².